The third kappa shape index (κ3) is 4.34. The molecule has 0 spiro atoms. The molecule has 0 aromatic carbocycles. The van der Waals surface area contributed by atoms with Crippen molar-refractivity contribution in [1.29, 1.82) is 0 Å². The molecule has 1 aromatic heterocycles. The second kappa shape index (κ2) is 7.68. The molecule has 1 aromatic rings. The average Bonchev–Trinajstić information content (AvgIpc) is 2.44. The van der Waals surface area contributed by atoms with E-state index in [1.54, 1.807) is 7.11 Å². The van der Waals surface area contributed by atoms with Crippen molar-refractivity contribution < 1.29 is 4.74 Å². The van der Waals surface area contributed by atoms with Gasteiger partial charge in [-0.2, -0.15) is 0 Å². The minimum Gasteiger partial charge on any atom is -0.383 e. The smallest absolute Gasteiger partial charge is 0.147 e. The van der Waals surface area contributed by atoms with Crippen molar-refractivity contribution >= 4 is 17.4 Å². The van der Waals surface area contributed by atoms with Crippen LogP contribution in [0.3, 0.4) is 0 Å². The van der Waals surface area contributed by atoms with Gasteiger partial charge in [-0.15, -0.1) is 0 Å². The first-order valence-electron chi connectivity index (χ1n) is 6.86. The number of rotatable bonds is 6. The molecule has 0 aliphatic carbocycles. The van der Waals surface area contributed by atoms with Crippen LogP contribution in [-0.2, 0) is 4.74 Å². The largest absolute Gasteiger partial charge is 0.383 e. The van der Waals surface area contributed by atoms with Crippen LogP contribution >= 0.6 is 11.6 Å². The number of anilines is 1. The fourth-order valence-electron chi connectivity index (χ4n) is 2.51. The van der Waals surface area contributed by atoms with Crippen molar-refractivity contribution in [3.63, 3.8) is 0 Å². The summed E-state index contributed by atoms with van der Waals surface area (Å²) in [6.45, 7) is 4.78. The normalized spacial score (nSPS) is 19.7. The predicted molar refractivity (Wildman–Crippen MR) is 78.9 cm³/mol. The summed E-state index contributed by atoms with van der Waals surface area (Å²) in [4.78, 5) is 6.70. The summed E-state index contributed by atoms with van der Waals surface area (Å²) in [5, 5.41) is 4.18. The number of ether oxygens (including phenoxy) is 1. The Morgan fingerprint density at radius 3 is 3.26 bits per heavy atom. The first-order chi connectivity index (χ1) is 9.31. The van der Waals surface area contributed by atoms with E-state index in [4.69, 9.17) is 16.3 Å². The summed E-state index contributed by atoms with van der Waals surface area (Å²) in [5.74, 6) is 1.58. The Balaban J connectivity index is 1.85. The lowest BCUT2D eigenvalue weighted by Gasteiger charge is -2.34. The Kier molecular flexibility index (Phi) is 5.89. The number of hydrogen-bond acceptors (Lipinski definition) is 4. The lowest BCUT2D eigenvalue weighted by atomic mass is 9.98. The number of nitrogens with one attached hydrogen (secondary N) is 1. The number of nitrogens with zero attached hydrogens (tertiary/aromatic N) is 2. The van der Waals surface area contributed by atoms with E-state index in [2.05, 4.69) is 15.2 Å². The van der Waals surface area contributed by atoms with E-state index >= 15 is 0 Å². The molecular weight excluding hydrogens is 262 g/mol. The van der Waals surface area contributed by atoms with Crippen LogP contribution in [-0.4, -0.2) is 44.9 Å². The molecule has 1 N–H and O–H groups in total. The van der Waals surface area contributed by atoms with Gasteiger partial charge in [0.25, 0.3) is 0 Å². The zero-order valence-electron chi connectivity index (χ0n) is 11.4. The van der Waals surface area contributed by atoms with E-state index in [0.717, 1.165) is 43.6 Å². The molecule has 0 saturated carbocycles. The molecule has 1 atom stereocenters. The molecule has 1 aliphatic rings. The highest BCUT2D eigenvalue weighted by Gasteiger charge is 2.21. The number of pyridine rings is 1. The van der Waals surface area contributed by atoms with Gasteiger partial charge in [-0.3, -0.25) is 0 Å². The van der Waals surface area contributed by atoms with Crippen LogP contribution < -0.4 is 10.2 Å². The van der Waals surface area contributed by atoms with Crippen molar-refractivity contribution in [3.05, 3.63) is 23.4 Å². The molecule has 5 heteroatoms. The quantitative estimate of drug-likeness (QED) is 0.812. The van der Waals surface area contributed by atoms with Crippen LogP contribution in [0.25, 0.3) is 0 Å². The Hall–Kier alpha value is -0.840. The molecule has 1 aliphatic heterocycles. The van der Waals surface area contributed by atoms with Gasteiger partial charge < -0.3 is 15.0 Å². The summed E-state index contributed by atoms with van der Waals surface area (Å²) < 4.78 is 5.04. The van der Waals surface area contributed by atoms with Crippen molar-refractivity contribution in [1.82, 2.24) is 10.3 Å². The number of piperidine rings is 1. The summed E-state index contributed by atoms with van der Waals surface area (Å²) in [6, 6.07) is 3.78. The number of hydrogen-bond donors (Lipinski definition) is 1. The molecule has 4 nitrogen and oxygen atoms in total. The maximum Gasteiger partial charge on any atom is 0.147 e. The van der Waals surface area contributed by atoms with Gasteiger partial charge in [0.05, 0.1) is 11.6 Å². The van der Waals surface area contributed by atoms with E-state index in [0.29, 0.717) is 5.92 Å². The lowest BCUT2D eigenvalue weighted by Crippen LogP contribution is -2.40. The van der Waals surface area contributed by atoms with Crippen LogP contribution in [0.1, 0.15) is 12.8 Å². The highest BCUT2D eigenvalue weighted by Crippen LogP contribution is 2.27. The number of aromatic nitrogens is 1. The zero-order chi connectivity index (χ0) is 13.5. The molecule has 106 valence electrons. The monoisotopic (exact) mass is 283 g/mol. The van der Waals surface area contributed by atoms with Gasteiger partial charge >= 0.3 is 0 Å². The van der Waals surface area contributed by atoms with Crippen LogP contribution in [0.15, 0.2) is 18.3 Å². The Bertz CT molecular complexity index is 389. The van der Waals surface area contributed by atoms with Gasteiger partial charge in [0.2, 0.25) is 0 Å². The number of methoxy groups -OCH3 is 1. The molecule has 0 amide bonds. The zero-order valence-corrected chi connectivity index (χ0v) is 12.2. The lowest BCUT2D eigenvalue weighted by molar-refractivity contribution is 0.197. The maximum absolute atomic E-state index is 6.21. The summed E-state index contributed by atoms with van der Waals surface area (Å²) in [7, 11) is 1.73. The third-order valence-corrected chi connectivity index (χ3v) is 3.77. The topological polar surface area (TPSA) is 37.4 Å². The molecule has 1 unspecified atom stereocenters. The predicted octanol–water partition coefficient (Wildman–Crippen LogP) is 2.19. The van der Waals surface area contributed by atoms with Crippen molar-refractivity contribution in [2.24, 2.45) is 5.92 Å². The molecule has 2 rings (SSSR count). The minimum atomic E-state index is 0.656. The Morgan fingerprint density at radius 1 is 1.58 bits per heavy atom. The highest BCUT2D eigenvalue weighted by atomic mass is 35.5. The van der Waals surface area contributed by atoms with E-state index in [1.807, 2.05) is 18.3 Å². The van der Waals surface area contributed by atoms with Gasteiger partial charge in [0.1, 0.15) is 5.82 Å². The van der Waals surface area contributed by atoms with Crippen LogP contribution in [0, 0.1) is 5.92 Å². The van der Waals surface area contributed by atoms with Crippen molar-refractivity contribution in [2.75, 3.05) is 44.8 Å². The van der Waals surface area contributed by atoms with Crippen LogP contribution in [0.2, 0.25) is 5.02 Å². The van der Waals surface area contributed by atoms with Gasteiger partial charge in [-0.25, -0.2) is 4.98 Å². The van der Waals surface area contributed by atoms with Gasteiger partial charge in [0, 0.05) is 32.9 Å². The molecule has 1 saturated heterocycles. The molecule has 0 radical (unpaired) electrons. The fourth-order valence-corrected chi connectivity index (χ4v) is 2.76. The molecule has 19 heavy (non-hydrogen) atoms. The summed E-state index contributed by atoms with van der Waals surface area (Å²) >= 11 is 6.21. The van der Waals surface area contributed by atoms with E-state index in [9.17, 15) is 0 Å². The first kappa shape index (κ1) is 14.6. The van der Waals surface area contributed by atoms with Gasteiger partial charge in [-0.05, 0) is 37.4 Å². The van der Waals surface area contributed by atoms with Crippen LogP contribution in [0.5, 0.6) is 0 Å². The van der Waals surface area contributed by atoms with Gasteiger partial charge in [0.15, 0.2) is 0 Å². The van der Waals surface area contributed by atoms with E-state index < -0.39 is 0 Å². The second-order valence-corrected chi connectivity index (χ2v) is 5.37. The number of halogens is 1. The maximum atomic E-state index is 6.21. The fraction of sp³-hybridized carbons (Fsp3) is 0.643. The van der Waals surface area contributed by atoms with Crippen LogP contribution in [0.4, 0.5) is 5.82 Å². The Labute approximate surface area is 120 Å². The third-order valence-electron chi connectivity index (χ3n) is 3.47. The van der Waals surface area contributed by atoms with E-state index in [1.165, 1.54) is 12.8 Å². The molecular formula is C14H22ClN3O. The second-order valence-electron chi connectivity index (χ2n) is 4.96. The standard InChI is InChI=1S/C14H22ClN3O/c1-19-9-7-16-10-12-4-3-8-18(11-12)14-13(15)5-2-6-17-14/h2,5-6,12,16H,3-4,7-11H2,1H3. The SMILES string of the molecule is COCCNCC1CCCN(c2ncccc2Cl)C1. The van der Waals surface area contributed by atoms with Crippen molar-refractivity contribution in [2.45, 2.75) is 12.8 Å². The average molecular weight is 284 g/mol. The highest BCUT2D eigenvalue weighted by molar-refractivity contribution is 6.32. The first-order valence-corrected chi connectivity index (χ1v) is 7.24. The molecule has 0 bridgehead atoms. The summed E-state index contributed by atoms with van der Waals surface area (Å²) in [5.41, 5.74) is 0. The Morgan fingerprint density at radius 2 is 2.47 bits per heavy atom. The molecule has 1 fully saturated rings. The molecule has 2 heterocycles. The van der Waals surface area contributed by atoms with Gasteiger partial charge in [-0.1, -0.05) is 11.6 Å². The van der Waals surface area contributed by atoms with E-state index in [-0.39, 0.29) is 0 Å². The van der Waals surface area contributed by atoms with Crippen molar-refractivity contribution in [3.8, 4) is 0 Å². The minimum absolute atomic E-state index is 0.656. The summed E-state index contributed by atoms with van der Waals surface area (Å²) in [6.07, 6.45) is 4.27.